The maximum atomic E-state index is 6.06. The molecule has 1 aromatic rings. The van der Waals surface area contributed by atoms with Crippen LogP contribution in [0.25, 0.3) is 0 Å². The van der Waals surface area contributed by atoms with E-state index in [-0.39, 0.29) is 5.54 Å². The second-order valence-corrected chi connectivity index (χ2v) is 5.11. The van der Waals surface area contributed by atoms with Gasteiger partial charge in [0, 0.05) is 28.0 Å². The van der Waals surface area contributed by atoms with E-state index in [2.05, 4.69) is 5.32 Å². The summed E-state index contributed by atoms with van der Waals surface area (Å²) in [5, 5.41) is 4.89. The van der Waals surface area contributed by atoms with Gasteiger partial charge in [-0.2, -0.15) is 0 Å². The lowest BCUT2D eigenvalue weighted by Gasteiger charge is -2.14. The summed E-state index contributed by atoms with van der Waals surface area (Å²) >= 11 is 17.8. The summed E-state index contributed by atoms with van der Waals surface area (Å²) in [5.41, 5.74) is 1.17. The lowest BCUT2D eigenvalue weighted by molar-refractivity contribution is 0.543. The molecule has 15 heavy (non-hydrogen) atoms. The van der Waals surface area contributed by atoms with Crippen molar-refractivity contribution in [2.75, 3.05) is 5.88 Å². The third kappa shape index (κ3) is 2.79. The van der Waals surface area contributed by atoms with Gasteiger partial charge in [0.05, 0.1) is 0 Å². The quantitative estimate of drug-likeness (QED) is 0.815. The highest BCUT2D eigenvalue weighted by Crippen LogP contribution is 2.37. The molecule has 1 fully saturated rings. The second kappa shape index (κ2) is 4.50. The van der Waals surface area contributed by atoms with Gasteiger partial charge in [-0.25, -0.2) is 0 Å². The van der Waals surface area contributed by atoms with Crippen molar-refractivity contribution >= 4 is 34.8 Å². The normalized spacial score (nSPS) is 17.8. The van der Waals surface area contributed by atoms with Crippen molar-refractivity contribution in [3.63, 3.8) is 0 Å². The predicted octanol–water partition coefficient (Wildman–Crippen LogP) is 3.85. The highest BCUT2D eigenvalue weighted by molar-refractivity contribution is 6.33. The minimum Gasteiger partial charge on any atom is -0.306 e. The summed E-state index contributed by atoms with van der Waals surface area (Å²) in [7, 11) is 0. The maximum absolute atomic E-state index is 6.06. The van der Waals surface area contributed by atoms with E-state index in [0.29, 0.717) is 10.9 Å². The molecule has 1 aromatic carbocycles. The van der Waals surface area contributed by atoms with Crippen LogP contribution in [-0.4, -0.2) is 11.4 Å². The van der Waals surface area contributed by atoms with E-state index >= 15 is 0 Å². The van der Waals surface area contributed by atoms with Gasteiger partial charge in [0.25, 0.3) is 0 Å². The standard InChI is InChI=1S/C11H12Cl3N/c12-7-11(3-4-11)15-6-8-5-9(13)1-2-10(8)14/h1-2,5,15H,3-4,6-7H2. The molecule has 0 unspecified atom stereocenters. The van der Waals surface area contributed by atoms with Gasteiger partial charge in [-0.15, -0.1) is 11.6 Å². The summed E-state index contributed by atoms with van der Waals surface area (Å²) in [6.07, 6.45) is 2.30. The first-order chi connectivity index (χ1) is 7.15. The van der Waals surface area contributed by atoms with E-state index in [1.54, 1.807) is 6.07 Å². The summed E-state index contributed by atoms with van der Waals surface area (Å²) in [5.74, 6) is 0.658. The zero-order valence-corrected chi connectivity index (χ0v) is 10.5. The van der Waals surface area contributed by atoms with Crippen LogP contribution in [0.5, 0.6) is 0 Å². The van der Waals surface area contributed by atoms with Crippen molar-refractivity contribution in [1.29, 1.82) is 0 Å². The van der Waals surface area contributed by atoms with E-state index in [0.717, 1.165) is 30.0 Å². The van der Waals surface area contributed by atoms with Gasteiger partial charge < -0.3 is 5.32 Å². The third-order valence-corrected chi connectivity index (χ3v) is 3.89. The predicted molar refractivity (Wildman–Crippen MR) is 66.0 cm³/mol. The summed E-state index contributed by atoms with van der Waals surface area (Å²) in [4.78, 5) is 0. The fraction of sp³-hybridized carbons (Fsp3) is 0.455. The van der Waals surface area contributed by atoms with Crippen LogP contribution in [0.3, 0.4) is 0 Å². The fourth-order valence-corrected chi connectivity index (χ4v) is 2.21. The molecule has 82 valence electrons. The van der Waals surface area contributed by atoms with Gasteiger partial charge in [0.1, 0.15) is 0 Å². The Morgan fingerprint density at radius 2 is 2.00 bits per heavy atom. The Balaban J connectivity index is 2.01. The van der Waals surface area contributed by atoms with Crippen molar-refractivity contribution in [2.24, 2.45) is 0 Å². The van der Waals surface area contributed by atoms with Gasteiger partial charge in [-0.1, -0.05) is 23.2 Å². The molecule has 0 bridgehead atoms. The van der Waals surface area contributed by atoms with Gasteiger partial charge in [0.2, 0.25) is 0 Å². The lowest BCUT2D eigenvalue weighted by Crippen LogP contribution is -2.32. The Kier molecular flexibility index (Phi) is 3.46. The fourth-order valence-electron chi connectivity index (χ4n) is 1.47. The first kappa shape index (κ1) is 11.5. The molecule has 1 aliphatic carbocycles. The highest BCUT2D eigenvalue weighted by atomic mass is 35.5. The van der Waals surface area contributed by atoms with Crippen molar-refractivity contribution in [2.45, 2.75) is 24.9 Å². The molecule has 0 atom stereocenters. The molecule has 0 amide bonds. The zero-order valence-electron chi connectivity index (χ0n) is 8.19. The first-order valence-corrected chi connectivity index (χ1v) is 6.19. The summed E-state index contributed by atoms with van der Waals surface area (Å²) < 4.78 is 0. The average Bonchev–Trinajstić information content (AvgIpc) is 3.00. The van der Waals surface area contributed by atoms with E-state index in [9.17, 15) is 0 Å². The van der Waals surface area contributed by atoms with Crippen molar-refractivity contribution in [3.8, 4) is 0 Å². The van der Waals surface area contributed by atoms with E-state index in [1.165, 1.54) is 0 Å². The van der Waals surface area contributed by atoms with Crippen LogP contribution in [0.2, 0.25) is 10.0 Å². The van der Waals surface area contributed by atoms with Crippen LogP contribution < -0.4 is 5.32 Å². The molecule has 0 saturated heterocycles. The molecule has 0 aliphatic heterocycles. The molecule has 0 aromatic heterocycles. The van der Waals surface area contributed by atoms with Crippen LogP contribution in [0, 0.1) is 0 Å². The molecule has 1 nitrogen and oxygen atoms in total. The minimum absolute atomic E-state index is 0.146. The number of halogens is 3. The average molecular weight is 265 g/mol. The highest BCUT2D eigenvalue weighted by Gasteiger charge is 2.41. The summed E-state index contributed by atoms with van der Waals surface area (Å²) in [6.45, 7) is 0.728. The molecule has 4 heteroatoms. The van der Waals surface area contributed by atoms with E-state index < -0.39 is 0 Å². The Morgan fingerprint density at radius 3 is 2.60 bits per heavy atom. The van der Waals surface area contributed by atoms with Crippen LogP contribution in [0.1, 0.15) is 18.4 Å². The monoisotopic (exact) mass is 263 g/mol. The number of nitrogens with one attached hydrogen (secondary N) is 1. The van der Waals surface area contributed by atoms with Crippen molar-refractivity contribution in [3.05, 3.63) is 33.8 Å². The van der Waals surface area contributed by atoms with Gasteiger partial charge in [-0.05, 0) is 36.6 Å². The lowest BCUT2D eigenvalue weighted by atomic mass is 10.2. The largest absolute Gasteiger partial charge is 0.306 e. The van der Waals surface area contributed by atoms with Crippen molar-refractivity contribution in [1.82, 2.24) is 5.32 Å². The number of hydrogen-bond donors (Lipinski definition) is 1. The van der Waals surface area contributed by atoms with Crippen LogP contribution in [-0.2, 0) is 6.54 Å². The Morgan fingerprint density at radius 1 is 1.27 bits per heavy atom. The van der Waals surface area contributed by atoms with E-state index in [4.69, 9.17) is 34.8 Å². The van der Waals surface area contributed by atoms with Crippen LogP contribution in [0.15, 0.2) is 18.2 Å². The molecular weight excluding hydrogens is 252 g/mol. The second-order valence-electron chi connectivity index (χ2n) is 4.00. The molecule has 0 radical (unpaired) electrons. The molecule has 0 spiro atoms. The Bertz CT molecular complexity index is 361. The minimum atomic E-state index is 0.146. The molecule has 1 saturated carbocycles. The van der Waals surface area contributed by atoms with Gasteiger partial charge in [0.15, 0.2) is 0 Å². The van der Waals surface area contributed by atoms with Crippen LogP contribution in [0.4, 0.5) is 0 Å². The smallest absolute Gasteiger partial charge is 0.0451 e. The van der Waals surface area contributed by atoms with Crippen molar-refractivity contribution < 1.29 is 0 Å². The number of rotatable bonds is 4. The number of hydrogen-bond acceptors (Lipinski definition) is 1. The summed E-state index contributed by atoms with van der Waals surface area (Å²) in [6, 6.07) is 5.50. The van der Waals surface area contributed by atoms with Gasteiger partial charge in [-0.3, -0.25) is 0 Å². The molecule has 1 N–H and O–H groups in total. The SMILES string of the molecule is ClCC1(NCc2cc(Cl)ccc2Cl)CC1. The maximum Gasteiger partial charge on any atom is 0.0451 e. The first-order valence-electron chi connectivity index (χ1n) is 4.90. The molecule has 2 rings (SSSR count). The van der Waals surface area contributed by atoms with Gasteiger partial charge >= 0.3 is 0 Å². The zero-order chi connectivity index (χ0) is 10.9. The third-order valence-electron chi connectivity index (χ3n) is 2.77. The number of alkyl halides is 1. The number of benzene rings is 1. The molecule has 1 aliphatic rings. The topological polar surface area (TPSA) is 12.0 Å². The Labute approximate surface area is 105 Å². The Hall–Kier alpha value is 0.0500. The van der Waals surface area contributed by atoms with Crippen LogP contribution >= 0.6 is 34.8 Å². The van der Waals surface area contributed by atoms with E-state index in [1.807, 2.05) is 12.1 Å². The molecular formula is C11H12Cl3N. The molecule has 0 heterocycles.